The van der Waals surface area contributed by atoms with E-state index in [0.717, 1.165) is 17.7 Å². The lowest BCUT2D eigenvalue weighted by molar-refractivity contribution is -0.142. The van der Waals surface area contributed by atoms with Gasteiger partial charge in [-0.25, -0.2) is 9.78 Å². The zero-order valence-electron chi connectivity index (χ0n) is 14.4. The minimum Gasteiger partial charge on any atom is -0.480 e. The van der Waals surface area contributed by atoms with Crippen molar-refractivity contribution in [3.63, 3.8) is 0 Å². The van der Waals surface area contributed by atoms with Crippen molar-refractivity contribution in [2.45, 2.75) is 38.0 Å². The Balaban J connectivity index is 2.00. The standard InChI is InChI=1S/C19H17F3N2O3/c1-11-13(7-10-16(23-11)19(20,21)22)17(25)24-14(8-9-15(24)18(26)27)12-5-3-2-4-6-12/h2-7,10,14-15H,8-9H2,1H3,(H,26,27)/t14-,15?/m0/s1. The zero-order valence-corrected chi connectivity index (χ0v) is 14.4. The summed E-state index contributed by atoms with van der Waals surface area (Å²) < 4.78 is 38.5. The Morgan fingerprint density at radius 1 is 1.11 bits per heavy atom. The zero-order chi connectivity index (χ0) is 19.8. The van der Waals surface area contributed by atoms with Crippen LogP contribution in [0.25, 0.3) is 0 Å². The van der Waals surface area contributed by atoms with E-state index in [9.17, 15) is 27.9 Å². The average Bonchev–Trinajstić information content (AvgIpc) is 3.06. The van der Waals surface area contributed by atoms with Crippen molar-refractivity contribution in [1.82, 2.24) is 9.88 Å². The van der Waals surface area contributed by atoms with Crippen LogP contribution in [0.3, 0.4) is 0 Å². The van der Waals surface area contributed by atoms with Crippen molar-refractivity contribution >= 4 is 11.9 Å². The van der Waals surface area contributed by atoms with Gasteiger partial charge in [0.15, 0.2) is 0 Å². The molecule has 3 rings (SSSR count). The van der Waals surface area contributed by atoms with Crippen LogP contribution in [-0.4, -0.2) is 32.9 Å². The number of nitrogens with zero attached hydrogens (tertiary/aromatic N) is 2. The molecule has 1 amide bonds. The number of carbonyl (C=O) groups excluding carboxylic acids is 1. The van der Waals surface area contributed by atoms with Crippen molar-refractivity contribution in [2.75, 3.05) is 0 Å². The van der Waals surface area contributed by atoms with Crippen LogP contribution in [0.1, 0.15) is 46.2 Å². The maximum Gasteiger partial charge on any atom is 0.433 e. The quantitative estimate of drug-likeness (QED) is 0.881. The van der Waals surface area contributed by atoms with E-state index in [2.05, 4.69) is 4.98 Å². The Morgan fingerprint density at radius 2 is 1.78 bits per heavy atom. The number of rotatable bonds is 3. The largest absolute Gasteiger partial charge is 0.480 e. The number of carboxylic acid groups (broad SMARTS) is 1. The summed E-state index contributed by atoms with van der Waals surface area (Å²) in [4.78, 5) is 29.4. The van der Waals surface area contributed by atoms with E-state index in [0.29, 0.717) is 6.42 Å². The fourth-order valence-electron chi connectivity index (χ4n) is 3.42. The van der Waals surface area contributed by atoms with Crippen LogP contribution in [0, 0.1) is 6.92 Å². The molecule has 1 unspecified atom stereocenters. The van der Waals surface area contributed by atoms with Crippen molar-refractivity contribution in [3.8, 4) is 0 Å². The van der Waals surface area contributed by atoms with Gasteiger partial charge < -0.3 is 10.0 Å². The van der Waals surface area contributed by atoms with Gasteiger partial charge >= 0.3 is 12.1 Å². The van der Waals surface area contributed by atoms with Gasteiger partial charge in [0, 0.05) is 0 Å². The predicted octanol–water partition coefficient (Wildman–Crippen LogP) is 3.84. The summed E-state index contributed by atoms with van der Waals surface area (Å²) in [5, 5.41) is 9.51. The summed E-state index contributed by atoms with van der Waals surface area (Å²) in [6.45, 7) is 1.31. The van der Waals surface area contributed by atoms with E-state index < -0.39 is 35.8 Å². The number of pyridine rings is 1. The molecule has 1 aromatic carbocycles. The maximum atomic E-state index is 13.1. The molecular formula is C19H17F3N2O3. The molecule has 1 aliphatic heterocycles. The fraction of sp³-hybridized carbons (Fsp3) is 0.316. The van der Waals surface area contributed by atoms with Gasteiger partial charge in [-0.3, -0.25) is 4.79 Å². The first-order valence-electron chi connectivity index (χ1n) is 8.35. The lowest BCUT2D eigenvalue weighted by Gasteiger charge is -2.29. The lowest BCUT2D eigenvalue weighted by atomic mass is 10.0. The van der Waals surface area contributed by atoms with Crippen LogP contribution in [0.4, 0.5) is 13.2 Å². The number of alkyl halides is 3. The van der Waals surface area contributed by atoms with E-state index >= 15 is 0 Å². The smallest absolute Gasteiger partial charge is 0.433 e. The third-order valence-electron chi connectivity index (χ3n) is 4.70. The van der Waals surface area contributed by atoms with Gasteiger partial charge in [-0.2, -0.15) is 13.2 Å². The van der Waals surface area contributed by atoms with Gasteiger partial charge in [-0.1, -0.05) is 30.3 Å². The van der Waals surface area contributed by atoms with Gasteiger partial charge in [0.1, 0.15) is 11.7 Å². The second-order valence-electron chi connectivity index (χ2n) is 6.40. The number of amides is 1. The molecule has 2 atom stereocenters. The molecule has 5 nitrogen and oxygen atoms in total. The van der Waals surface area contributed by atoms with Gasteiger partial charge in [0.25, 0.3) is 5.91 Å². The molecule has 0 spiro atoms. The molecule has 2 heterocycles. The number of aliphatic carboxylic acids is 1. The van der Waals surface area contributed by atoms with Crippen LogP contribution in [0.2, 0.25) is 0 Å². The number of likely N-dealkylation sites (tertiary alicyclic amines) is 1. The number of carboxylic acids is 1. The molecule has 0 bridgehead atoms. The third-order valence-corrected chi connectivity index (χ3v) is 4.70. The third kappa shape index (κ3) is 3.65. The number of hydrogen-bond donors (Lipinski definition) is 1. The molecule has 0 aliphatic carbocycles. The molecule has 1 fully saturated rings. The summed E-state index contributed by atoms with van der Waals surface area (Å²) in [6, 6.07) is 9.29. The van der Waals surface area contributed by atoms with Crippen LogP contribution in [0.5, 0.6) is 0 Å². The van der Waals surface area contributed by atoms with E-state index in [4.69, 9.17) is 0 Å². The summed E-state index contributed by atoms with van der Waals surface area (Å²) >= 11 is 0. The normalized spacial score (nSPS) is 19.9. The van der Waals surface area contributed by atoms with Gasteiger partial charge in [0.05, 0.1) is 17.3 Å². The van der Waals surface area contributed by atoms with Crippen LogP contribution in [0.15, 0.2) is 42.5 Å². The molecule has 1 aromatic heterocycles. The summed E-state index contributed by atoms with van der Waals surface area (Å²) in [5.41, 5.74) is -0.422. The number of aromatic nitrogens is 1. The molecule has 1 saturated heterocycles. The molecule has 142 valence electrons. The Morgan fingerprint density at radius 3 is 2.33 bits per heavy atom. The summed E-state index contributed by atoms with van der Waals surface area (Å²) in [6.07, 6.45) is -3.89. The average molecular weight is 378 g/mol. The Kier molecular flexibility index (Phi) is 4.91. The number of halogens is 3. The first-order chi connectivity index (χ1) is 12.7. The molecule has 2 aromatic rings. The SMILES string of the molecule is Cc1nc(C(F)(F)F)ccc1C(=O)N1C(C(=O)O)CC[C@H]1c1ccccc1. The Bertz CT molecular complexity index is 868. The van der Waals surface area contributed by atoms with Crippen LogP contribution >= 0.6 is 0 Å². The second kappa shape index (κ2) is 7.02. The molecule has 8 heteroatoms. The fourth-order valence-corrected chi connectivity index (χ4v) is 3.42. The highest BCUT2D eigenvalue weighted by atomic mass is 19.4. The van der Waals surface area contributed by atoms with E-state index in [1.54, 1.807) is 24.3 Å². The number of benzene rings is 1. The number of hydrogen-bond acceptors (Lipinski definition) is 3. The molecule has 0 saturated carbocycles. The van der Waals surface area contributed by atoms with Crippen molar-refractivity contribution in [2.24, 2.45) is 0 Å². The topological polar surface area (TPSA) is 70.5 Å². The molecule has 1 N–H and O–H groups in total. The minimum atomic E-state index is -4.61. The Hall–Kier alpha value is -2.90. The van der Waals surface area contributed by atoms with E-state index in [-0.39, 0.29) is 17.7 Å². The van der Waals surface area contributed by atoms with Gasteiger partial charge in [-0.15, -0.1) is 0 Å². The van der Waals surface area contributed by atoms with Crippen molar-refractivity contribution < 1.29 is 27.9 Å². The van der Waals surface area contributed by atoms with Gasteiger partial charge in [-0.05, 0) is 37.5 Å². The monoisotopic (exact) mass is 378 g/mol. The Labute approximate surface area is 153 Å². The predicted molar refractivity (Wildman–Crippen MR) is 90.0 cm³/mol. The van der Waals surface area contributed by atoms with Crippen molar-refractivity contribution in [3.05, 3.63) is 65.0 Å². The summed E-state index contributed by atoms with van der Waals surface area (Å²) in [7, 11) is 0. The van der Waals surface area contributed by atoms with Gasteiger partial charge in [0.2, 0.25) is 0 Å². The lowest BCUT2D eigenvalue weighted by Crippen LogP contribution is -2.42. The highest BCUT2D eigenvalue weighted by Crippen LogP contribution is 2.38. The van der Waals surface area contributed by atoms with E-state index in [1.165, 1.54) is 11.8 Å². The van der Waals surface area contributed by atoms with E-state index in [1.807, 2.05) is 6.07 Å². The maximum absolute atomic E-state index is 13.1. The molecule has 0 radical (unpaired) electrons. The summed E-state index contributed by atoms with van der Waals surface area (Å²) in [5.74, 6) is -1.77. The highest BCUT2D eigenvalue weighted by molar-refractivity contribution is 5.98. The van der Waals surface area contributed by atoms with Crippen LogP contribution < -0.4 is 0 Å². The second-order valence-corrected chi connectivity index (χ2v) is 6.40. The van der Waals surface area contributed by atoms with Crippen LogP contribution in [-0.2, 0) is 11.0 Å². The number of aryl methyl sites for hydroxylation is 1. The molecular weight excluding hydrogens is 361 g/mol. The molecule has 27 heavy (non-hydrogen) atoms. The minimum absolute atomic E-state index is 0.0305. The number of carbonyl (C=O) groups is 2. The first kappa shape index (κ1) is 18.9. The molecule has 1 aliphatic rings. The van der Waals surface area contributed by atoms with Crippen molar-refractivity contribution in [1.29, 1.82) is 0 Å². The highest BCUT2D eigenvalue weighted by Gasteiger charge is 2.42. The first-order valence-corrected chi connectivity index (χ1v) is 8.35.